The van der Waals surface area contributed by atoms with E-state index in [1.54, 1.807) is 0 Å². The average Bonchev–Trinajstić information content (AvgIpc) is 2.10. The maximum atomic E-state index is 12.8. The molecular weight excluding hydrogens is 196 g/mol. The number of allylic oxidation sites excluding steroid dienone is 2. The quantitative estimate of drug-likeness (QED) is 0.501. The van der Waals surface area contributed by atoms with Crippen molar-refractivity contribution in [1.82, 2.24) is 0 Å². The van der Waals surface area contributed by atoms with Gasteiger partial charge in [0.1, 0.15) is 6.26 Å². The molecule has 0 aromatic heterocycles. The monoisotopic (exact) mass is 198 g/mol. The first kappa shape index (κ1) is 9.56. The van der Waals surface area contributed by atoms with Gasteiger partial charge in [-0.15, -0.1) is 4.39 Å². The third-order valence-electron chi connectivity index (χ3n) is 1.18. The highest BCUT2D eigenvalue weighted by Gasteiger charge is 2.47. The Hall–Kier alpha value is -1.53. The van der Waals surface area contributed by atoms with Crippen molar-refractivity contribution in [3.63, 3.8) is 0 Å². The summed E-state index contributed by atoms with van der Waals surface area (Å²) in [6, 6.07) is -3.71. The number of halogens is 4. The molecule has 72 valence electrons. The van der Waals surface area contributed by atoms with Crippen molar-refractivity contribution >= 4 is 6.47 Å². The molecular formula is C6H2F4O3. The summed E-state index contributed by atoms with van der Waals surface area (Å²) in [4.78, 5) is 9.64. The molecule has 0 saturated carbocycles. The largest absolute Gasteiger partial charge is 0.469 e. The normalized spacial score (nSPS) is 27.8. The lowest BCUT2D eigenvalue weighted by Crippen LogP contribution is -2.32. The van der Waals surface area contributed by atoms with Gasteiger partial charge in [-0.3, -0.25) is 4.79 Å². The van der Waals surface area contributed by atoms with Gasteiger partial charge >= 0.3 is 6.04 Å². The van der Waals surface area contributed by atoms with Crippen LogP contribution in [0.3, 0.4) is 0 Å². The molecule has 1 heterocycles. The van der Waals surface area contributed by atoms with E-state index in [9.17, 15) is 22.4 Å². The Bertz CT molecular complexity index is 298. The standard InChI is InChI=1S/C6H2F4O3/c7-3-1-12-6(10,13-2-11)5(9)4(3)8/h1-2H. The molecule has 0 spiro atoms. The minimum atomic E-state index is -3.71. The Labute approximate surface area is 69.2 Å². The lowest BCUT2D eigenvalue weighted by atomic mass is 10.3. The van der Waals surface area contributed by atoms with E-state index in [1.807, 2.05) is 0 Å². The van der Waals surface area contributed by atoms with Gasteiger partial charge in [-0.25, -0.2) is 8.78 Å². The van der Waals surface area contributed by atoms with Crippen molar-refractivity contribution < 1.29 is 31.8 Å². The van der Waals surface area contributed by atoms with Crippen molar-refractivity contribution in [3.05, 3.63) is 23.7 Å². The molecule has 3 nitrogen and oxygen atoms in total. The molecule has 13 heavy (non-hydrogen) atoms. The molecule has 7 heteroatoms. The zero-order chi connectivity index (χ0) is 10.1. The average molecular weight is 198 g/mol. The summed E-state index contributed by atoms with van der Waals surface area (Å²) in [5.74, 6) is -6.10. The van der Waals surface area contributed by atoms with E-state index in [0.717, 1.165) is 0 Å². The molecule has 0 bridgehead atoms. The van der Waals surface area contributed by atoms with Gasteiger partial charge in [-0.2, -0.15) is 4.39 Å². The highest BCUT2D eigenvalue weighted by atomic mass is 19.2. The van der Waals surface area contributed by atoms with Gasteiger partial charge in [-0.1, -0.05) is 0 Å². The van der Waals surface area contributed by atoms with Gasteiger partial charge < -0.3 is 9.47 Å². The number of carbonyl (C=O) groups excluding carboxylic acids is 1. The van der Waals surface area contributed by atoms with Gasteiger partial charge in [0.05, 0.1) is 0 Å². The van der Waals surface area contributed by atoms with Crippen LogP contribution in [-0.4, -0.2) is 12.5 Å². The van der Waals surface area contributed by atoms with E-state index < -0.39 is 30.0 Å². The maximum Gasteiger partial charge on any atom is 0.469 e. The van der Waals surface area contributed by atoms with Gasteiger partial charge in [0.15, 0.2) is 5.83 Å². The first-order valence-corrected chi connectivity index (χ1v) is 2.91. The van der Waals surface area contributed by atoms with E-state index in [-0.39, 0.29) is 6.26 Å². The summed E-state index contributed by atoms with van der Waals surface area (Å²) < 4.78 is 57.0. The summed E-state index contributed by atoms with van der Waals surface area (Å²) in [6.45, 7) is -0.496. The lowest BCUT2D eigenvalue weighted by Gasteiger charge is -2.22. The highest BCUT2D eigenvalue weighted by molar-refractivity contribution is 5.40. The highest BCUT2D eigenvalue weighted by Crippen LogP contribution is 2.36. The Balaban J connectivity index is 3.03. The molecule has 0 radical (unpaired) electrons. The number of hydrogen-bond acceptors (Lipinski definition) is 3. The molecule has 1 rings (SSSR count). The van der Waals surface area contributed by atoms with Crippen LogP contribution < -0.4 is 0 Å². The smallest absolute Gasteiger partial charge is 0.426 e. The third-order valence-corrected chi connectivity index (χ3v) is 1.18. The Morgan fingerprint density at radius 1 is 1.46 bits per heavy atom. The second-order valence-electron chi connectivity index (χ2n) is 1.96. The van der Waals surface area contributed by atoms with E-state index in [1.165, 1.54) is 0 Å². The Morgan fingerprint density at radius 2 is 2.08 bits per heavy atom. The van der Waals surface area contributed by atoms with E-state index in [0.29, 0.717) is 0 Å². The predicted octanol–water partition coefficient (Wildman–Crippen LogP) is 1.77. The minimum Gasteiger partial charge on any atom is -0.426 e. The molecule has 1 aliphatic rings. The van der Waals surface area contributed by atoms with E-state index in [2.05, 4.69) is 9.47 Å². The van der Waals surface area contributed by atoms with Gasteiger partial charge in [0, 0.05) is 0 Å². The van der Waals surface area contributed by atoms with Crippen molar-refractivity contribution in [1.29, 1.82) is 0 Å². The maximum absolute atomic E-state index is 12.8. The Kier molecular flexibility index (Phi) is 2.26. The van der Waals surface area contributed by atoms with Crippen molar-refractivity contribution in [2.45, 2.75) is 6.04 Å². The lowest BCUT2D eigenvalue weighted by molar-refractivity contribution is -0.257. The first-order chi connectivity index (χ1) is 6.01. The van der Waals surface area contributed by atoms with Crippen LogP contribution in [0.25, 0.3) is 0 Å². The molecule has 0 amide bonds. The van der Waals surface area contributed by atoms with Crippen molar-refractivity contribution in [2.24, 2.45) is 0 Å². The molecule has 0 aromatic carbocycles. The molecule has 0 aliphatic carbocycles. The van der Waals surface area contributed by atoms with Gasteiger partial charge in [0.2, 0.25) is 5.83 Å². The van der Waals surface area contributed by atoms with Gasteiger partial charge in [0.25, 0.3) is 12.3 Å². The van der Waals surface area contributed by atoms with Crippen LogP contribution in [0, 0.1) is 0 Å². The molecule has 1 atom stereocenters. The van der Waals surface area contributed by atoms with Crippen LogP contribution in [0.15, 0.2) is 23.7 Å². The summed E-state index contributed by atoms with van der Waals surface area (Å²) >= 11 is 0. The molecule has 0 N–H and O–H groups in total. The molecule has 0 saturated heterocycles. The summed E-state index contributed by atoms with van der Waals surface area (Å²) in [7, 11) is 0. The van der Waals surface area contributed by atoms with E-state index >= 15 is 0 Å². The fourth-order valence-corrected chi connectivity index (χ4v) is 0.608. The number of rotatable bonds is 2. The van der Waals surface area contributed by atoms with Crippen molar-refractivity contribution in [3.8, 4) is 0 Å². The van der Waals surface area contributed by atoms with Crippen LogP contribution in [0.4, 0.5) is 17.6 Å². The molecule has 1 aliphatic heterocycles. The number of alkyl halides is 1. The third kappa shape index (κ3) is 1.49. The molecule has 1 unspecified atom stereocenters. The van der Waals surface area contributed by atoms with Crippen molar-refractivity contribution in [2.75, 3.05) is 0 Å². The fourth-order valence-electron chi connectivity index (χ4n) is 0.608. The van der Waals surface area contributed by atoms with Gasteiger partial charge in [-0.05, 0) is 0 Å². The topological polar surface area (TPSA) is 35.5 Å². The Morgan fingerprint density at radius 3 is 2.62 bits per heavy atom. The summed E-state index contributed by atoms with van der Waals surface area (Å²) in [5.41, 5.74) is 0. The fraction of sp³-hybridized carbons (Fsp3) is 0.167. The number of carbonyl (C=O) groups is 1. The SMILES string of the molecule is O=COC1(F)OC=C(F)C(F)=C1F. The summed E-state index contributed by atoms with van der Waals surface area (Å²) in [5, 5.41) is 0. The minimum absolute atomic E-state index is 0.0398. The number of hydrogen-bond donors (Lipinski definition) is 0. The molecule has 0 fully saturated rings. The van der Waals surface area contributed by atoms with Crippen LogP contribution in [0.1, 0.15) is 0 Å². The second kappa shape index (κ2) is 3.08. The zero-order valence-electron chi connectivity index (χ0n) is 5.89. The predicted molar refractivity (Wildman–Crippen MR) is 30.5 cm³/mol. The molecule has 0 aromatic rings. The first-order valence-electron chi connectivity index (χ1n) is 2.91. The van der Waals surface area contributed by atoms with Crippen LogP contribution >= 0.6 is 0 Å². The van der Waals surface area contributed by atoms with Crippen LogP contribution in [-0.2, 0) is 14.3 Å². The van der Waals surface area contributed by atoms with Crippen LogP contribution in [0.2, 0.25) is 0 Å². The zero-order valence-corrected chi connectivity index (χ0v) is 5.89. The second-order valence-corrected chi connectivity index (χ2v) is 1.96. The summed E-state index contributed by atoms with van der Waals surface area (Å²) in [6.07, 6.45) is -0.0398. The van der Waals surface area contributed by atoms with Crippen LogP contribution in [0.5, 0.6) is 0 Å². The van der Waals surface area contributed by atoms with E-state index in [4.69, 9.17) is 0 Å². The number of ether oxygens (including phenoxy) is 2.